The number of rotatable bonds is 4. The summed E-state index contributed by atoms with van der Waals surface area (Å²) in [6.07, 6.45) is 6.53. The van der Waals surface area contributed by atoms with E-state index in [9.17, 15) is 4.79 Å². The van der Waals surface area contributed by atoms with Gasteiger partial charge in [-0.15, -0.1) is 0 Å². The summed E-state index contributed by atoms with van der Waals surface area (Å²) in [6.45, 7) is -0.130. The third-order valence-electron chi connectivity index (χ3n) is 3.61. The first-order valence-electron chi connectivity index (χ1n) is 7.12. The number of carbonyl (C=O) groups is 1. The molecule has 0 saturated carbocycles. The average molecular weight is 365 g/mol. The Bertz CT molecular complexity index is 929. The van der Waals surface area contributed by atoms with Crippen LogP contribution in [0.3, 0.4) is 0 Å². The van der Waals surface area contributed by atoms with Gasteiger partial charge in [0.1, 0.15) is 0 Å². The average Bonchev–Trinajstić information content (AvgIpc) is 3.18. The van der Waals surface area contributed by atoms with Crippen LogP contribution in [0.1, 0.15) is 11.2 Å². The summed E-state index contributed by atoms with van der Waals surface area (Å²) >= 11 is 12.4. The van der Waals surface area contributed by atoms with Crippen LogP contribution in [0.5, 0.6) is 0 Å². The first-order chi connectivity index (χ1) is 11.5. The number of nitrogens with zero attached hydrogens (tertiary/aromatic N) is 2. The number of hydrogen-bond acceptors (Lipinski definition) is 4. The van der Waals surface area contributed by atoms with Gasteiger partial charge in [0.05, 0.1) is 21.8 Å². The number of aromatic nitrogens is 3. The molecule has 3 rings (SSSR count). The van der Waals surface area contributed by atoms with Crippen molar-refractivity contribution in [2.24, 2.45) is 5.73 Å². The van der Waals surface area contributed by atoms with E-state index >= 15 is 0 Å². The van der Waals surface area contributed by atoms with Gasteiger partial charge in [-0.1, -0.05) is 29.3 Å². The van der Waals surface area contributed by atoms with E-state index in [1.807, 2.05) is 0 Å². The van der Waals surface area contributed by atoms with E-state index < -0.39 is 0 Å². The lowest BCUT2D eigenvalue weighted by molar-refractivity contribution is 0.0972. The van der Waals surface area contributed by atoms with E-state index in [0.29, 0.717) is 10.5 Å². The predicted molar refractivity (Wildman–Crippen MR) is 94.1 cm³/mol. The van der Waals surface area contributed by atoms with Gasteiger partial charge in [0, 0.05) is 53.7 Å². The van der Waals surface area contributed by atoms with Crippen LogP contribution in [0.15, 0.2) is 42.5 Å². The van der Waals surface area contributed by atoms with Crippen LogP contribution in [-0.4, -0.2) is 32.4 Å². The van der Waals surface area contributed by atoms with Crippen molar-refractivity contribution in [3.05, 3.63) is 52.5 Å². The van der Waals surface area contributed by atoms with Gasteiger partial charge in [-0.2, -0.15) is 5.10 Å². The van der Waals surface area contributed by atoms with Crippen molar-refractivity contribution < 1.29 is 9.90 Å². The van der Waals surface area contributed by atoms with Gasteiger partial charge in [0.2, 0.25) is 0 Å². The maximum absolute atomic E-state index is 12.6. The third kappa shape index (κ3) is 2.91. The van der Waals surface area contributed by atoms with Gasteiger partial charge in [-0.25, -0.2) is 0 Å². The number of benzene rings is 1. The fraction of sp³-hybridized carbons (Fsp3) is 0.125. The molecule has 0 fully saturated rings. The number of fused-ring (bicyclic) bond motifs is 1. The number of nitrogens with one attached hydrogen (secondary N) is 1. The minimum atomic E-state index is -0.370. The normalized spacial score (nSPS) is 12.0. The zero-order valence-electron chi connectivity index (χ0n) is 12.5. The Morgan fingerprint density at radius 2 is 2.21 bits per heavy atom. The van der Waals surface area contributed by atoms with Crippen LogP contribution in [0.25, 0.3) is 22.0 Å². The number of H-pyrrole nitrogens is 1. The van der Waals surface area contributed by atoms with Gasteiger partial charge < -0.3 is 10.8 Å². The number of aliphatic hydroxyl groups excluding tert-OH is 1. The fourth-order valence-corrected chi connectivity index (χ4v) is 2.90. The number of halogens is 2. The van der Waals surface area contributed by atoms with Crippen molar-refractivity contribution in [1.82, 2.24) is 14.8 Å². The Morgan fingerprint density at radius 1 is 1.42 bits per heavy atom. The first-order valence-corrected chi connectivity index (χ1v) is 7.88. The number of aromatic amines is 1. The van der Waals surface area contributed by atoms with Crippen LogP contribution >= 0.6 is 23.2 Å². The highest BCUT2D eigenvalue weighted by atomic mass is 35.5. The summed E-state index contributed by atoms with van der Waals surface area (Å²) in [7, 11) is 0. The summed E-state index contributed by atoms with van der Waals surface area (Å²) in [5, 5.41) is 17.0. The van der Waals surface area contributed by atoms with Crippen LogP contribution in [0, 0.1) is 0 Å². The molecule has 24 heavy (non-hydrogen) atoms. The summed E-state index contributed by atoms with van der Waals surface area (Å²) in [5.74, 6) is -0.370. The highest BCUT2D eigenvalue weighted by Crippen LogP contribution is 2.37. The summed E-state index contributed by atoms with van der Waals surface area (Å²) < 4.78 is 1.40. The summed E-state index contributed by atoms with van der Waals surface area (Å²) in [5.41, 5.74) is 8.12. The molecule has 4 N–H and O–H groups in total. The lowest BCUT2D eigenvalue weighted by Gasteiger charge is -2.05. The number of allylic oxidation sites excluding steroid dienone is 1. The summed E-state index contributed by atoms with van der Waals surface area (Å²) in [4.78, 5) is 12.6. The molecule has 2 aromatic heterocycles. The number of aliphatic hydroxyl groups is 1. The minimum Gasteiger partial charge on any atom is -0.402 e. The Kier molecular flexibility index (Phi) is 4.62. The standard InChI is InChI=1S/C16H14Cl2N4O2/c17-13-2-1-11-12(9-6-20-21-7-9)8-22(16(11)15(13)18)14(24)5-10(19)3-4-23/h1-2,5-8,23H,3-4,19H2,(H,20,21)/b10-5-. The second kappa shape index (κ2) is 6.68. The van der Waals surface area contributed by atoms with Crippen molar-refractivity contribution in [3.63, 3.8) is 0 Å². The van der Waals surface area contributed by atoms with Gasteiger partial charge in [-0.3, -0.25) is 14.5 Å². The molecule has 2 heterocycles. The zero-order chi connectivity index (χ0) is 17.3. The molecule has 1 aromatic carbocycles. The molecule has 6 nitrogen and oxygen atoms in total. The van der Waals surface area contributed by atoms with E-state index in [4.69, 9.17) is 34.0 Å². The Morgan fingerprint density at radius 3 is 2.88 bits per heavy atom. The highest BCUT2D eigenvalue weighted by Gasteiger charge is 2.18. The Labute approximate surface area is 147 Å². The van der Waals surface area contributed by atoms with Gasteiger partial charge in [0.15, 0.2) is 0 Å². The molecule has 0 bridgehead atoms. The molecule has 0 atom stereocenters. The largest absolute Gasteiger partial charge is 0.402 e. The smallest absolute Gasteiger partial charge is 0.256 e. The van der Waals surface area contributed by atoms with E-state index in [1.54, 1.807) is 30.7 Å². The second-order valence-electron chi connectivity index (χ2n) is 5.19. The monoisotopic (exact) mass is 364 g/mol. The number of hydrogen-bond donors (Lipinski definition) is 3. The molecule has 0 saturated heterocycles. The van der Waals surface area contributed by atoms with Crippen molar-refractivity contribution in [2.75, 3.05) is 6.61 Å². The molecule has 0 aliphatic carbocycles. The Hall–Kier alpha value is -2.28. The lowest BCUT2D eigenvalue weighted by Crippen LogP contribution is -2.10. The fourth-order valence-electron chi connectivity index (χ4n) is 2.49. The molecule has 0 radical (unpaired) electrons. The van der Waals surface area contributed by atoms with Crippen molar-refractivity contribution in [1.29, 1.82) is 0 Å². The molecular weight excluding hydrogens is 351 g/mol. The number of carbonyl (C=O) groups excluding carboxylic acids is 1. The quantitative estimate of drug-likeness (QED) is 0.619. The molecule has 0 aliphatic rings. The molecule has 0 spiro atoms. The van der Waals surface area contributed by atoms with Gasteiger partial charge in [-0.05, 0) is 6.07 Å². The van der Waals surface area contributed by atoms with Gasteiger partial charge >= 0.3 is 0 Å². The maximum atomic E-state index is 12.6. The minimum absolute atomic E-state index is 0.130. The van der Waals surface area contributed by atoms with Crippen LogP contribution in [0.2, 0.25) is 10.0 Å². The lowest BCUT2D eigenvalue weighted by atomic mass is 10.1. The van der Waals surface area contributed by atoms with Crippen molar-refractivity contribution >= 4 is 40.0 Å². The Balaban J connectivity index is 2.22. The third-order valence-corrected chi connectivity index (χ3v) is 4.41. The second-order valence-corrected chi connectivity index (χ2v) is 5.97. The van der Waals surface area contributed by atoms with E-state index in [2.05, 4.69) is 10.2 Å². The SMILES string of the molecule is N/C(=C\C(=O)n1cc(-c2cn[nH]c2)c2ccc(Cl)c(Cl)c21)CCO. The molecule has 8 heteroatoms. The predicted octanol–water partition coefficient (Wildman–Crippen LogP) is 3.20. The molecule has 124 valence electrons. The molecule has 3 aromatic rings. The van der Waals surface area contributed by atoms with E-state index in [1.165, 1.54) is 10.6 Å². The van der Waals surface area contributed by atoms with Crippen molar-refractivity contribution in [2.45, 2.75) is 6.42 Å². The van der Waals surface area contributed by atoms with E-state index in [-0.39, 0.29) is 29.7 Å². The maximum Gasteiger partial charge on any atom is 0.256 e. The molecule has 0 aliphatic heterocycles. The molecule has 0 unspecified atom stereocenters. The van der Waals surface area contributed by atoms with Gasteiger partial charge in [0.25, 0.3) is 5.91 Å². The van der Waals surface area contributed by atoms with Crippen LogP contribution in [-0.2, 0) is 0 Å². The molecular formula is C16H14Cl2N4O2. The van der Waals surface area contributed by atoms with E-state index in [0.717, 1.165) is 16.5 Å². The molecule has 0 amide bonds. The number of nitrogens with two attached hydrogens (primary N) is 1. The summed E-state index contributed by atoms with van der Waals surface area (Å²) in [6, 6.07) is 3.48. The topological polar surface area (TPSA) is 96.9 Å². The zero-order valence-corrected chi connectivity index (χ0v) is 14.0. The van der Waals surface area contributed by atoms with Crippen LogP contribution < -0.4 is 5.73 Å². The van der Waals surface area contributed by atoms with Crippen LogP contribution in [0.4, 0.5) is 0 Å². The highest BCUT2D eigenvalue weighted by molar-refractivity contribution is 6.45. The first kappa shape index (κ1) is 16.6. The van der Waals surface area contributed by atoms with Crippen molar-refractivity contribution in [3.8, 4) is 11.1 Å².